The van der Waals surface area contributed by atoms with Crippen LogP contribution in [-0.4, -0.2) is 26.4 Å². The van der Waals surface area contributed by atoms with Crippen molar-refractivity contribution >= 4 is 0 Å². The summed E-state index contributed by atoms with van der Waals surface area (Å²) in [6, 6.07) is 8.77. The lowest BCUT2D eigenvalue weighted by atomic mass is 9.63. The Kier molecular flexibility index (Phi) is 12.9. The van der Waals surface area contributed by atoms with Gasteiger partial charge in [-0.1, -0.05) is 149 Å². The van der Waals surface area contributed by atoms with E-state index in [-0.39, 0.29) is 10.8 Å². The Balaban J connectivity index is 0.000000308. The second-order valence-electron chi connectivity index (χ2n) is 19.3. The van der Waals surface area contributed by atoms with Crippen molar-refractivity contribution in [3.63, 3.8) is 0 Å². The number of hydrogen-bond acceptors (Lipinski definition) is 2. The zero-order valence-electron chi connectivity index (χ0n) is 31.0. The largest absolute Gasteiger partial charge is 0.381 e. The van der Waals surface area contributed by atoms with Crippen molar-refractivity contribution in [3.8, 4) is 0 Å². The van der Waals surface area contributed by atoms with Gasteiger partial charge < -0.3 is 9.47 Å². The lowest BCUT2D eigenvalue weighted by Crippen LogP contribution is -2.42. The van der Waals surface area contributed by atoms with Crippen molar-refractivity contribution in [2.45, 2.75) is 142 Å². The number of rotatable bonds is 0. The zero-order chi connectivity index (χ0) is 32.2. The summed E-state index contributed by atoms with van der Waals surface area (Å²) in [5.74, 6) is 2.94. The fourth-order valence-corrected chi connectivity index (χ4v) is 6.68. The van der Waals surface area contributed by atoms with Crippen LogP contribution in [-0.2, 0) is 20.3 Å². The molecule has 0 bridgehead atoms. The molecule has 41 heavy (non-hydrogen) atoms. The van der Waals surface area contributed by atoms with Crippen LogP contribution in [0.4, 0.5) is 0 Å². The number of benzene rings is 1. The fourth-order valence-electron chi connectivity index (χ4n) is 6.68. The van der Waals surface area contributed by atoms with Crippen LogP contribution in [0.2, 0.25) is 0 Å². The molecule has 0 N–H and O–H groups in total. The minimum Gasteiger partial charge on any atom is -0.381 e. The van der Waals surface area contributed by atoms with Crippen LogP contribution in [0.3, 0.4) is 0 Å². The summed E-state index contributed by atoms with van der Waals surface area (Å²) in [7, 11) is 0. The highest BCUT2D eigenvalue weighted by atomic mass is 16.5. The van der Waals surface area contributed by atoms with Crippen LogP contribution >= 0.6 is 0 Å². The van der Waals surface area contributed by atoms with E-state index in [1.54, 1.807) is 0 Å². The summed E-state index contributed by atoms with van der Waals surface area (Å²) in [6.07, 6.45) is 1.23. The minimum atomic E-state index is 0.240. The first kappa shape index (κ1) is 38.2. The fraction of sp³-hybridized carbons (Fsp3) is 0.846. The van der Waals surface area contributed by atoms with Gasteiger partial charge in [0, 0.05) is 6.61 Å². The smallest absolute Gasteiger partial charge is 0.0503 e. The van der Waals surface area contributed by atoms with Crippen molar-refractivity contribution in [1.29, 1.82) is 0 Å². The van der Waals surface area contributed by atoms with Crippen molar-refractivity contribution in [3.05, 3.63) is 35.4 Å². The van der Waals surface area contributed by atoms with E-state index in [4.69, 9.17) is 9.47 Å². The third-order valence-electron chi connectivity index (χ3n) is 9.43. The molecule has 2 saturated heterocycles. The van der Waals surface area contributed by atoms with Crippen molar-refractivity contribution in [2.24, 2.45) is 45.3 Å². The zero-order valence-corrected chi connectivity index (χ0v) is 31.0. The highest BCUT2D eigenvalue weighted by Crippen LogP contribution is 2.46. The lowest BCUT2D eigenvalue weighted by molar-refractivity contribution is -0.0656. The molecule has 0 amide bonds. The molecule has 2 heterocycles. The molecule has 240 valence electrons. The minimum absolute atomic E-state index is 0.240. The van der Waals surface area contributed by atoms with E-state index >= 15 is 0 Å². The first-order chi connectivity index (χ1) is 18.2. The van der Waals surface area contributed by atoms with Gasteiger partial charge in [0.25, 0.3) is 0 Å². The molecule has 4 atom stereocenters. The summed E-state index contributed by atoms with van der Waals surface area (Å²) in [6.45, 7) is 45.5. The topological polar surface area (TPSA) is 18.5 Å². The van der Waals surface area contributed by atoms with E-state index in [1.807, 2.05) is 0 Å². The van der Waals surface area contributed by atoms with E-state index in [0.29, 0.717) is 39.4 Å². The SMILES string of the molecule is CC(C)(C)C1CCOCC1C(C)(C)C.CC(C)(C)C1COCC1C(C)(C)C.CC(C)(C)c1ccccc1C(C)(C)C. The molecule has 4 unspecified atom stereocenters. The Hall–Kier alpha value is -0.860. The highest BCUT2D eigenvalue weighted by molar-refractivity contribution is 5.37. The van der Waals surface area contributed by atoms with Crippen molar-refractivity contribution < 1.29 is 9.47 Å². The van der Waals surface area contributed by atoms with Crippen molar-refractivity contribution in [1.82, 2.24) is 0 Å². The predicted molar refractivity (Wildman–Crippen MR) is 182 cm³/mol. The van der Waals surface area contributed by atoms with Gasteiger partial charge in [-0.25, -0.2) is 0 Å². The maximum Gasteiger partial charge on any atom is 0.0503 e. The molecule has 0 spiro atoms. The predicted octanol–water partition coefficient (Wildman–Crippen LogP) is 11.4. The Morgan fingerprint density at radius 3 is 1.00 bits per heavy atom. The van der Waals surface area contributed by atoms with Crippen LogP contribution < -0.4 is 0 Å². The van der Waals surface area contributed by atoms with E-state index in [0.717, 1.165) is 32.3 Å². The van der Waals surface area contributed by atoms with Crippen LogP contribution in [0.1, 0.15) is 142 Å². The van der Waals surface area contributed by atoms with Gasteiger partial charge in [0.1, 0.15) is 0 Å². The van der Waals surface area contributed by atoms with Gasteiger partial charge in [-0.15, -0.1) is 0 Å². The highest BCUT2D eigenvalue weighted by Gasteiger charge is 2.43. The van der Waals surface area contributed by atoms with Gasteiger partial charge in [-0.05, 0) is 73.7 Å². The van der Waals surface area contributed by atoms with Crippen LogP contribution in [0.15, 0.2) is 24.3 Å². The van der Waals surface area contributed by atoms with Gasteiger partial charge in [0.2, 0.25) is 0 Å². The first-order valence-corrected chi connectivity index (χ1v) is 16.4. The van der Waals surface area contributed by atoms with Gasteiger partial charge in [0.05, 0.1) is 19.8 Å². The van der Waals surface area contributed by atoms with Crippen LogP contribution in [0, 0.1) is 45.3 Å². The van der Waals surface area contributed by atoms with Gasteiger partial charge in [0.15, 0.2) is 0 Å². The van der Waals surface area contributed by atoms with E-state index in [2.05, 4.69) is 149 Å². The van der Waals surface area contributed by atoms with Crippen LogP contribution in [0.5, 0.6) is 0 Å². The lowest BCUT2D eigenvalue weighted by Gasteiger charge is -2.46. The summed E-state index contributed by atoms with van der Waals surface area (Å²) in [4.78, 5) is 0. The summed E-state index contributed by atoms with van der Waals surface area (Å²) in [5.41, 5.74) is 4.97. The molecule has 2 fully saturated rings. The molecule has 0 radical (unpaired) electrons. The molecule has 0 aromatic heterocycles. The van der Waals surface area contributed by atoms with Crippen LogP contribution in [0.25, 0.3) is 0 Å². The third kappa shape index (κ3) is 12.0. The monoisotopic (exact) mass is 573 g/mol. The normalized spacial score (nSPS) is 24.6. The summed E-state index contributed by atoms with van der Waals surface area (Å²) in [5, 5.41) is 0. The molecule has 1 aromatic carbocycles. The van der Waals surface area contributed by atoms with E-state index < -0.39 is 0 Å². The van der Waals surface area contributed by atoms with Gasteiger partial charge >= 0.3 is 0 Å². The molecular weight excluding hydrogens is 500 g/mol. The average molecular weight is 573 g/mol. The third-order valence-corrected chi connectivity index (χ3v) is 9.43. The number of hydrogen-bond donors (Lipinski definition) is 0. The Morgan fingerprint density at radius 1 is 0.439 bits per heavy atom. The second-order valence-corrected chi connectivity index (χ2v) is 19.3. The molecule has 2 nitrogen and oxygen atoms in total. The molecular formula is C39H72O2. The molecule has 2 aliphatic rings. The van der Waals surface area contributed by atoms with Crippen molar-refractivity contribution in [2.75, 3.05) is 26.4 Å². The molecule has 2 aliphatic heterocycles. The summed E-state index contributed by atoms with van der Waals surface area (Å²) < 4.78 is 11.3. The molecule has 1 aromatic rings. The van der Waals surface area contributed by atoms with Gasteiger partial charge in [-0.3, -0.25) is 0 Å². The molecule has 0 aliphatic carbocycles. The molecule has 3 rings (SSSR count). The Morgan fingerprint density at radius 2 is 0.732 bits per heavy atom. The molecule has 0 saturated carbocycles. The van der Waals surface area contributed by atoms with Gasteiger partial charge in [-0.2, -0.15) is 0 Å². The molecule has 2 heteroatoms. The quantitative estimate of drug-likeness (QED) is 0.308. The van der Waals surface area contributed by atoms with E-state index in [1.165, 1.54) is 17.5 Å². The summed E-state index contributed by atoms with van der Waals surface area (Å²) >= 11 is 0. The average Bonchev–Trinajstić information content (AvgIpc) is 3.29. The van der Waals surface area contributed by atoms with E-state index in [9.17, 15) is 0 Å². The Labute approximate surface area is 258 Å². The maximum atomic E-state index is 5.63. The number of ether oxygens (including phenoxy) is 2. The Bertz CT molecular complexity index is 825. The second kappa shape index (κ2) is 13.8. The maximum absolute atomic E-state index is 5.63. The standard InChI is InChI=1S/C14H22.C13H26O.C12H24O/c1-13(2,3)11-9-7-8-10-12(11)14(4,5)6;1-12(2,3)10-7-8-14-9-11(10)13(4,5)6;1-11(2,3)9-7-13-8-10(9)12(4,5)6/h7-10H,1-6H3;10-11H,7-9H2,1-6H3;9-10H,7-8H2,1-6H3. The first-order valence-electron chi connectivity index (χ1n) is 16.4.